The third-order valence-electron chi connectivity index (χ3n) is 19.3. The molecule has 0 aromatic heterocycles. The maximum Gasteiger partial charge on any atom is 0.246 e. The molecule has 7 aliphatic rings. The normalized spacial score (nSPS) is 31.4. The first-order chi connectivity index (χ1) is 42.8. The zero-order chi connectivity index (χ0) is 63.8. The number of hydrogen-bond donors (Lipinski definition) is 12. The van der Waals surface area contributed by atoms with Gasteiger partial charge < -0.3 is 75.3 Å². The Balaban J connectivity index is 1.18. The number of benzene rings is 2. The van der Waals surface area contributed by atoms with Gasteiger partial charge in [-0.15, -0.1) is 0 Å². The summed E-state index contributed by atoms with van der Waals surface area (Å²) in [4.78, 5) is 152. The molecule has 24 heteroatoms. The maximum atomic E-state index is 15.5. The van der Waals surface area contributed by atoms with Gasteiger partial charge in [0.25, 0.3) is 0 Å². The minimum absolute atomic E-state index is 0.0134. The van der Waals surface area contributed by atoms with Crippen molar-refractivity contribution < 1.29 is 47.9 Å². The van der Waals surface area contributed by atoms with Crippen molar-refractivity contribution in [2.24, 2.45) is 52.0 Å². The van der Waals surface area contributed by atoms with Crippen molar-refractivity contribution in [2.45, 2.75) is 203 Å². The summed E-state index contributed by atoms with van der Waals surface area (Å²) in [5.41, 5.74) is 24.8. The SMILES string of the molecule is CC(C)[C@@H]1NC(=O)[C@H](CCCN)NC(=O)[C@@H]2CCCN2C(=O)[C@@H](Cc2ccccc2)NC(=O)[C@H](CCCN)NC(=O)[C@H](C23CC4CC(CC(C4)C2)C3)NC(=O)[C@H](CCCN)NC(=O)[C@@H]2CCCN2C(=O)[C@@H](Cc2ccccc2)NC(=O)[C@H](CCCN)NC1=O. The van der Waals surface area contributed by atoms with Gasteiger partial charge in [0.2, 0.25) is 59.1 Å². The van der Waals surface area contributed by atoms with E-state index < -0.39 is 131 Å². The fourth-order valence-electron chi connectivity index (χ4n) is 15.1. The van der Waals surface area contributed by atoms with Gasteiger partial charge in [0.15, 0.2) is 0 Å². The largest absolute Gasteiger partial charge is 0.343 e. The van der Waals surface area contributed by atoms with Gasteiger partial charge in [-0.25, -0.2) is 0 Å². The molecule has 4 aliphatic carbocycles. The van der Waals surface area contributed by atoms with Gasteiger partial charge in [-0.3, -0.25) is 47.9 Å². The standard InChI is InChI=1S/C65H98N14O10/c1-39(2)53-61(86)72-45(19-9-25-66)55(80)74-49(34-40-15-5-3-6-16-40)63(88)79-30-14-24-52(79)60(85)71-48(22-12-28-69)58(83)77-54(65-36-42-31-43(37-65)33-44(32-42)38-65)62(87)73-46(20-10-26-67)56(81)75-50(35-41-17-7-4-8-18-41)64(89)78-29-13-23-51(78)59(84)70-47(21-11-27-68)57(82)76-53/h3-8,15-18,39,42-54H,9-14,19-38,66-69H2,1-2H3,(H,70,84)(H,71,85)(H,72,86)(H,73,87)(H,74,80)(H,75,81)(H,76,82)(H,77,83)/t42?,43?,44?,45-,46-,47-,48-,49+,50+,51-,52-,53-,54+,65?/m0/s1. The molecule has 16 N–H and O–H groups in total. The van der Waals surface area contributed by atoms with E-state index in [9.17, 15) is 24.0 Å². The lowest BCUT2D eigenvalue weighted by molar-refractivity contribution is -0.145. The number of nitrogens with zero attached hydrogens (tertiary/aromatic N) is 2. The second-order valence-corrected chi connectivity index (χ2v) is 26.3. The lowest BCUT2D eigenvalue weighted by Crippen LogP contribution is -2.66. The molecule has 3 saturated heterocycles. The summed E-state index contributed by atoms with van der Waals surface area (Å²) in [6, 6.07) is 6.22. The van der Waals surface area contributed by atoms with Crippen molar-refractivity contribution >= 4 is 59.1 Å². The Hall–Kier alpha value is -7.02. The highest BCUT2D eigenvalue weighted by Crippen LogP contribution is 2.61. The Kier molecular flexibility index (Phi) is 24.5. The van der Waals surface area contributed by atoms with E-state index in [1.54, 1.807) is 50.2 Å². The molecular formula is C65H98N14O10. The van der Waals surface area contributed by atoms with Crippen LogP contribution in [0.5, 0.6) is 0 Å². The third kappa shape index (κ3) is 17.5. The van der Waals surface area contributed by atoms with Crippen LogP contribution >= 0.6 is 0 Å². The van der Waals surface area contributed by atoms with Crippen LogP contribution < -0.4 is 65.5 Å². The molecule has 3 aliphatic heterocycles. The Labute approximate surface area is 523 Å². The van der Waals surface area contributed by atoms with Crippen LogP contribution in [-0.4, -0.2) is 169 Å². The molecule has 2 aromatic rings. The average molecular weight is 1240 g/mol. The molecule has 488 valence electrons. The number of fused-ring (bicyclic) bond motifs is 2. The summed E-state index contributed by atoms with van der Waals surface area (Å²) >= 11 is 0. The minimum Gasteiger partial charge on any atom is -0.343 e. The van der Waals surface area contributed by atoms with Gasteiger partial charge in [-0.1, -0.05) is 74.5 Å². The number of nitrogens with one attached hydrogen (secondary N) is 8. The van der Waals surface area contributed by atoms with Crippen molar-refractivity contribution in [2.75, 3.05) is 39.3 Å². The topological polar surface area (TPSA) is 377 Å². The summed E-state index contributed by atoms with van der Waals surface area (Å²) in [5.74, 6) is -5.89. The Morgan fingerprint density at radius 1 is 0.427 bits per heavy atom. The van der Waals surface area contributed by atoms with Gasteiger partial charge in [0.05, 0.1) is 0 Å². The fourth-order valence-corrected chi connectivity index (χ4v) is 15.1. The third-order valence-corrected chi connectivity index (χ3v) is 19.3. The highest BCUT2D eigenvalue weighted by molar-refractivity contribution is 6.00. The van der Waals surface area contributed by atoms with E-state index in [0.717, 1.165) is 19.3 Å². The molecule has 2 aromatic carbocycles. The Morgan fingerprint density at radius 3 is 1.13 bits per heavy atom. The number of rotatable bonds is 18. The van der Waals surface area contributed by atoms with Crippen molar-refractivity contribution in [3.05, 3.63) is 71.8 Å². The molecule has 24 nitrogen and oxygen atoms in total. The lowest BCUT2D eigenvalue weighted by atomic mass is 9.47. The highest BCUT2D eigenvalue weighted by atomic mass is 16.2. The molecular weight excluding hydrogens is 1140 g/mol. The van der Waals surface area contributed by atoms with Crippen LogP contribution in [0.25, 0.3) is 0 Å². The lowest BCUT2D eigenvalue weighted by Gasteiger charge is -2.59. The van der Waals surface area contributed by atoms with Crippen molar-refractivity contribution in [1.82, 2.24) is 52.3 Å². The van der Waals surface area contributed by atoms with Gasteiger partial charge in [-0.2, -0.15) is 0 Å². The van der Waals surface area contributed by atoms with Gasteiger partial charge >= 0.3 is 0 Å². The number of hydrogen-bond acceptors (Lipinski definition) is 14. The molecule has 10 amide bonds. The summed E-state index contributed by atoms with van der Waals surface area (Å²) < 4.78 is 0. The van der Waals surface area contributed by atoms with E-state index in [4.69, 9.17) is 22.9 Å². The van der Waals surface area contributed by atoms with E-state index in [-0.39, 0.29) is 97.1 Å². The number of carbonyl (C=O) groups is 10. The molecule has 10 atom stereocenters. The van der Waals surface area contributed by atoms with E-state index in [0.29, 0.717) is 80.2 Å². The molecule has 0 spiro atoms. The molecule has 7 fully saturated rings. The van der Waals surface area contributed by atoms with Crippen molar-refractivity contribution in [3.8, 4) is 0 Å². The number of amides is 10. The van der Waals surface area contributed by atoms with E-state index in [2.05, 4.69) is 42.5 Å². The van der Waals surface area contributed by atoms with Crippen LogP contribution in [0.1, 0.15) is 141 Å². The zero-order valence-electron chi connectivity index (χ0n) is 52.0. The van der Waals surface area contributed by atoms with Gasteiger partial charge in [0, 0.05) is 31.3 Å². The summed E-state index contributed by atoms with van der Waals surface area (Å²) in [6.45, 7) is 4.41. The van der Waals surface area contributed by atoms with Crippen LogP contribution in [0.4, 0.5) is 0 Å². The first kappa shape index (κ1) is 67.9. The van der Waals surface area contributed by atoms with E-state index in [1.807, 2.05) is 24.3 Å². The number of carbonyl (C=O) groups excluding carboxylic acids is 10. The molecule has 9 rings (SSSR count). The van der Waals surface area contributed by atoms with E-state index >= 15 is 24.0 Å². The molecule has 4 bridgehead atoms. The summed E-state index contributed by atoms with van der Waals surface area (Å²) in [5, 5.41) is 23.5. The summed E-state index contributed by atoms with van der Waals surface area (Å²) in [7, 11) is 0. The minimum atomic E-state index is -1.25. The average Bonchev–Trinajstić information content (AvgIpc) is 0.926. The van der Waals surface area contributed by atoms with Crippen LogP contribution in [-0.2, 0) is 60.8 Å². The fraction of sp³-hybridized carbons (Fsp3) is 0.662. The Bertz CT molecular complexity index is 2760. The zero-order valence-corrected chi connectivity index (χ0v) is 52.0. The predicted octanol–water partition coefficient (Wildman–Crippen LogP) is 0.174. The maximum absolute atomic E-state index is 15.5. The number of nitrogens with two attached hydrogens (primary N) is 4. The van der Waals surface area contributed by atoms with Crippen molar-refractivity contribution in [1.29, 1.82) is 0 Å². The molecule has 0 unspecified atom stereocenters. The molecule has 0 radical (unpaired) electrons. The predicted molar refractivity (Wildman–Crippen MR) is 334 cm³/mol. The first-order valence-electron chi connectivity index (χ1n) is 32.8. The molecule has 3 heterocycles. The summed E-state index contributed by atoms with van der Waals surface area (Å²) in [6.07, 6.45) is 7.97. The Morgan fingerprint density at radius 2 is 0.764 bits per heavy atom. The second kappa shape index (κ2) is 32.1. The van der Waals surface area contributed by atoms with Crippen LogP contribution in [0, 0.1) is 29.1 Å². The van der Waals surface area contributed by atoms with E-state index in [1.165, 1.54) is 9.80 Å². The van der Waals surface area contributed by atoms with Crippen molar-refractivity contribution in [3.63, 3.8) is 0 Å². The quantitative estimate of drug-likeness (QED) is 0.0948. The second-order valence-electron chi connectivity index (χ2n) is 26.3. The van der Waals surface area contributed by atoms with Gasteiger partial charge in [0.1, 0.15) is 60.4 Å². The van der Waals surface area contributed by atoms with Gasteiger partial charge in [-0.05, 0) is 177 Å². The monoisotopic (exact) mass is 1230 g/mol. The van der Waals surface area contributed by atoms with Crippen LogP contribution in [0.3, 0.4) is 0 Å². The molecule has 4 saturated carbocycles. The highest BCUT2D eigenvalue weighted by Gasteiger charge is 2.57. The van der Waals surface area contributed by atoms with Crippen LogP contribution in [0.15, 0.2) is 60.7 Å². The molecule has 89 heavy (non-hydrogen) atoms. The van der Waals surface area contributed by atoms with Crippen LogP contribution in [0.2, 0.25) is 0 Å². The smallest absolute Gasteiger partial charge is 0.246 e. The first-order valence-corrected chi connectivity index (χ1v) is 32.8.